The molecule has 124 valence electrons. The van der Waals surface area contributed by atoms with Crippen molar-refractivity contribution in [2.45, 2.75) is 18.3 Å². The molecule has 1 aliphatic carbocycles. The van der Waals surface area contributed by atoms with Gasteiger partial charge in [0.05, 0.1) is 0 Å². The number of nitrogens with one attached hydrogen (secondary N) is 2. The number of carbonyl (C=O) groups is 2. The Morgan fingerprint density at radius 2 is 1.96 bits per heavy atom. The molecule has 0 unspecified atom stereocenters. The van der Waals surface area contributed by atoms with E-state index in [1.807, 2.05) is 11.4 Å². The Bertz CT molecular complexity index is 784. The third-order valence-corrected chi connectivity index (χ3v) is 5.44. The summed E-state index contributed by atoms with van der Waals surface area (Å²) < 4.78 is 10.5. The average molecular weight is 344 g/mol. The van der Waals surface area contributed by atoms with Crippen molar-refractivity contribution < 1.29 is 19.1 Å². The van der Waals surface area contributed by atoms with E-state index in [-0.39, 0.29) is 12.2 Å². The number of amides is 2. The molecule has 4 rings (SSSR count). The molecule has 2 N–H and O–H groups in total. The molecule has 2 amide bonds. The van der Waals surface area contributed by atoms with Gasteiger partial charge < -0.3 is 20.1 Å². The quantitative estimate of drug-likeness (QED) is 0.834. The number of carbonyl (C=O) groups excluding carboxylic acids is 2. The van der Waals surface area contributed by atoms with E-state index in [0.29, 0.717) is 23.7 Å². The Balaban J connectivity index is 1.34. The number of hydrogen-bond acceptors (Lipinski definition) is 5. The lowest BCUT2D eigenvalue weighted by Crippen LogP contribution is -2.39. The minimum atomic E-state index is -0.684. The molecule has 1 fully saturated rings. The van der Waals surface area contributed by atoms with Crippen LogP contribution in [-0.4, -0.2) is 25.2 Å². The summed E-state index contributed by atoms with van der Waals surface area (Å²) in [5.74, 6) is -0.127. The Morgan fingerprint density at radius 1 is 1.12 bits per heavy atom. The van der Waals surface area contributed by atoms with E-state index in [0.717, 1.165) is 12.8 Å². The van der Waals surface area contributed by atoms with Crippen LogP contribution in [0.3, 0.4) is 0 Å². The fraction of sp³-hybridized carbons (Fsp3) is 0.294. The second-order valence-corrected chi connectivity index (χ2v) is 6.91. The molecule has 7 heteroatoms. The number of fused-ring (bicyclic) bond motifs is 1. The molecular weight excluding hydrogens is 328 g/mol. The van der Waals surface area contributed by atoms with Crippen molar-refractivity contribution >= 4 is 28.8 Å². The normalized spacial score (nSPS) is 16.5. The van der Waals surface area contributed by atoms with Crippen molar-refractivity contribution in [2.24, 2.45) is 0 Å². The molecule has 0 bridgehead atoms. The summed E-state index contributed by atoms with van der Waals surface area (Å²) in [6.07, 6.45) is 2.08. The Labute approximate surface area is 142 Å². The minimum Gasteiger partial charge on any atom is -0.454 e. The van der Waals surface area contributed by atoms with Crippen LogP contribution in [-0.2, 0) is 15.0 Å². The molecule has 0 saturated heterocycles. The Kier molecular flexibility index (Phi) is 3.65. The van der Waals surface area contributed by atoms with Crippen LogP contribution in [0.1, 0.15) is 17.7 Å². The summed E-state index contributed by atoms with van der Waals surface area (Å²) in [6, 6.07) is 9.10. The van der Waals surface area contributed by atoms with Gasteiger partial charge in [0.2, 0.25) is 6.79 Å². The van der Waals surface area contributed by atoms with Gasteiger partial charge in [0.1, 0.15) is 0 Å². The fourth-order valence-electron chi connectivity index (χ4n) is 2.73. The number of anilines is 1. The monoisotopic (exact) mass is 344 g/mol. The van der Waals surface area contributed by atoms with E-state index in [1.54, 1.807) is 29.5 Å². The highest BCUT2D eigenvalue weighted by molar-refractivity contribution is 7.10. The number of benzene rings is 1. The summed E-state index contributed by atoms with van der Waals surface area (Å²) in [5, 5.41) is 7.36. The zero-order chi connectivity index (χ0) is 16.6. The fourth-order valence-corrected chi connectivity index (χ4v) is 3.72. The van der Waals surface area contributed by atoms with Gasteiger partial charge in [-0.3, -0.25) is 9.59 Å². The molecule has 24 heavy (non-hydrogen) atoms. The molecule has 2 aromatic rings. The Morgan fingerprint density at radius 3 is 2.71 bits per heavy atom. The highest BCUT2D eigenvalue weighted by atomic mass is 32.1. The van der Waals surface area contributed by atoms with Crippen molar-refractivity contribution in [1.82, 2.24) is 5.32 Å². The van der Waals surface area contributed by atoms with Crippen LogP contribution in [0.5, 0.6) is 11.5 Å². The molecule has 0 spiro atoms. The van der Waals surface area contributed by atoms with Crippen LogP contribution in [0.15, 0.2) is 35.7 Å². The zero-order valence-electron chi connectivity index (χ0n) is 12.8. The second kappa shape index (κ2) is 5.83. The van der Waals surface area contributed by atoms with Crippen molar-refractivity contribution in [3.63, 3.8) is 0 Å². The van der Waals surface area contributed by atoms with Gasteiger partial charge in [-0.1, -0.05) is 6.07 Å². The molecule has 2 heterocycles. The first-order chi connectivity index (χ1) is 11.7. The highest BCUT2D eigenvalue weighted by Crippen LogP contribution is 2.49. The van der Waals surface area contributed by atoms with Gasteiger partial charge in [-0.05, 0) is 36.4 Å². The molecule has 1 aromatic heterocycles. The Hall–Kier alpha value is -2.54. The maximum absolute atomic E-state index is 12.0. The number of ether oxygens (including phenoxy) is 2. The predicted octanol–water partition coefficient (Wildman–Crippen LogP) is 2.26. The van der Waals surface area contributed by atoms with Crippen LogP contribution >= 0.6 is 11.3 Å². The molecular formula is C17H16N2O4S. The van der Waals surface area contributed by atoms with E-state index in [1.165, 1.54) is 4.88 Å². The average Bonchev–Trinajstić information content (AvgIpc) is 3.02. The number of hydrogen-bond donors (Lipinski definition) is 2. The molecule has 1 saturated carbocycles. The van der Waals surface area contributed by atoms with Crippen LogP contribution in [0, 0.1) is 0 Å². The van der Waals surface area contributed by atoms with E-state index in [2.05, 4.69) is 16.7 Å². The van der Waals surface area contributed by atoms with E-state index in [9.17, 15) is 9.59 Å². The summed E-state index contributed by atoms with van der Waals surface area (Å²) >= 11 is 1.69. The van der Waals surface area contributed by atoms with Gasteiger partial charge in [-0.2, -0.15) is 0 Å². The van der Waals surface area contributed by atoms with Gasteiger partial charge in [0, 0.05) is 28.6 Å². The second-order valence-electron chi connectivity index (χ2n) is 5.96. The zero-order valence-corrected chi connectivity index (χ0v) is 13.7. The van der Waals surface area contributed by atoms with Crippen molar-refractivity contribution in [1.29, 1.82) is 0 Å². The third kappa shape index (κ3) is 2.82. The van der Waals surface area contributed by atoms with Gasteiger partial charge in [0.15, 0.2) is 11.5 Å². The van der Waals surface area contributed by atoms with E-state index in [4.69, 9.17) is 9.47 Å². The standard InChI is InChI=1S/C17H16N2O4S/c20-15(18-9-17(5-6-17)14-2-1-7-24-14)16(21)19-11-3-4-12-13(8-11)23-10-22-12/h1-4,7-8H,5-6,9-10H2,(H,18,20)(H,19,21). The first-order valence-corrected chi connectivity index (χ1v) is 8.57. The molecule has 1 aromatic carbocycles. The van der Waals surface area contributed by atoms with Crippen molar-refractivity contribution in [2.75, 3.05) is 18.7 Å². The summed E-state index contributed by atoms with van der Waals surface area (Å²) in [7, 11) is 0. The lowest BCUT2D eigenvalue weighted by Gasteiger charge is -2.14. The van der Waals surface area contributed by atoms with E-state index >= 15 is 0 Å². The van der Waals surface area contributed by atoms with Gasteiger partial charge >= 0.3 is 11.8 Å². The first kappa shape index (κ1) is 15.0. The highest BCUT2D eigenvalue weighted by Gasteiger charge is 2.45. The maximum Gasteiger partial charge on any atom is 0.313 e. The minimum absolute atomic E-state index is 0.0167. The van der Waals surface area contributed by atoms with Gasteiger partial charge in [0.25, 0.3) is 0 Å². The molecule has 0 atom stereocenters. The van der Waals surface area contributed by atoms with Crippen LogP contribution < -0.4 is 20.1 Å². The van der Waals surface area contributed by atoms with Crippen LogP contribution in [0.2, 0.25) is 0 Å². The molecule has 0 radical (unpaired) electrons. The van der Waals surface area contributed by atoms with Gasteiger partial charge in [-0.15, -0.1) is 11.3 Å². The molecule has 1 aliphatic heterocycles. The number of thiophene rings is 1. The van der Waals surface area contributed by atoms with E-state index < -0.39 is 11.8 Å². The SMILES string of the molecule is O=C(NCC1(c2cccs2)CC1)C(=O)Nc1ccc2c(c1)OCO2. The lowest BCUT2D eigenvalue weighted by atomic mass is 10.1. The summed E-state index contributed by atoms with van der Waals surface area (Å²) in [5.41, 5.74) is 0.516. The van der Waals surface area contributed by atoms with Gasteiger partial charge in [-0.25, -0.2) is 0 Å². The molecule has 2 aliphatic rings. The smallest absolute Gasteiger partial charge is 0.313 e. The van der Waals surface area contributed by atoms with Crippen LogP contribution in [0.4, 0.5) is 5.69 Å². The summed E-state index contributed by atoms with van der Waals surface area (Å²) in [6.45, 7) is 0.652. The molecule has 6 nitrogen and oxygen atoms in total. The predicted molar refractivity (Wildman–Crippen MR) is 89.4 cm³/mol. The summed E-state index contributed by atoms with van der Waals surface area (Å²) in [4.78, 5) is 25.4. The van der Waals surface area contributed by atoms with Crippen molar-refractivity contribution in [3.05, 3.63) is 40.6 Å². The lowest BCUT2D eigenvalue weighted by molar-refractivity contribution is -0.136. The first-order valence-electron chi connectivity index (χ1n) is 7.69. The van der Waals surface area contributed by atoms with Crippen LogP contribution in [0.25, 0.3) is 0 Å². The number of rotatable bonds is 4. The van der Waals surface area contributed by atoms with Crippen molar-refractivity contribution in [3.8, 4) is 11.5 Å². The largest absolute Gasteiger partial charge is 0.454 e. The maximum atomic E-state index is 12.0. The third-order valence-electron chi connectivity index (χ3n) is 4.32. The topological polar surface area (TPSA) is 76.7 Å².